The van der Waals surface area contributed by atoms with Gasteiger partial charge in [0.25, 0.3) is 5.91 Å². The highest BCUT2D eigenvalue weighted by Gasteiger charge is 2.43. The van der Waals surface area contributed by atoms with Crippen LogP contribution in [0.4, 0.5) is 0 Å². The van der Waals surface area contributed by atoms with Crippen molar-refractivity contribution in [2.75, 3.05) is 33.8 Å². The Morgan fingerprint density at radius 2 is 2.00 bits per heavy atom. The molecule has 11 nitrogen and oxygen atoms in total. The van der Waals surface area contributed by atoms with Gasteiger partial charge in [-0.3, -0.25) is 19.4 Å². The highest BCUT2D eigenvalue weighted by Crippen LogP contribution is 2.45. The molecule has 5 atom stereocenters. The molecule has 2 unspecified atom stereocenters. The van der Waals surface area contributed by atoms with Crippen molar-refractivity contribution in [3.63, 3.8) is 0 Å². The van der Waals surface area contributed by atoms with E-state index in [0.29, 0.717) is 24.6 Å². The summed E-state index contributed by atoms with van der Waals surface area (Å²) >= 11 is 0. The van der Waals surface area contributed by atoms with Gasteiger partial charge in [-0.05, 0) is 6.92 Å². The van der Waals surface area contributed by atoms with Crippen molar-refractivity contribution in [3.8, 4) is 0 Å². The van der Waals surface area contributed by atoms with E-state index in [9.17, 15) is 24.2 Å². The summed E-state index contributed by atoms with van der Waals surface area (Å²) in [6.07, 6.45) is -0.878. The molecule has 156 valence electrons. The number of carbonyl (C=O) groups is 2. The van der Waals surface area contributed by atoms with Crippen LogP contribution in [0, 0.1) is 5.92 Å². The smallest absolute Gasteiger partial charge is 0.390 e. The molecule has 0 aromatic heterocycles. The van der Waals surface area contributed by atoms with Crippen LogP contribution in [-0.2, 0) is 23.4 Å². The zero-order chi connectivity index (χ0) is 20.6. The largest absolute Gasteiger partial charge is 0.454 e. The molecule has 2 saturated heterocycles. The number of likely N-dealkylation sites (N-methyl/N-ethyl adjacent to an activating group) is 2. The minimum atomic E-state index is -4.30. The maximum Gasteiger partial charge on any atom is 0.454 e. The first-order chi connectivity index (χ1) is 13.1. The van der Waals surface area contributed by atoms with Crippen LogP contribution >= 0.6 is 7.75 Å². The van der Waals surface area contributed by atoms with Crippen LogP contribution in [0.3, 0.4) is 0 Å². The van der Waals surface area contributed by atoms with Crippen molar-refractivity contribution in [1.29, 1.82) is 0 Å². The Morgan fingerprint density at radius 1 is 1.36 bits per heavy atom. The summed E-state index contributed by atoms with van der Waals surface area (Å²) in [7, 11) is -0.788. The Kier molecular flexibility index (Phi) is 5.92. The predicted molar refractivity (Wildman–Crippen MR) is 98.2 cm³/mol. The topological polar surface area (TPSA) is 141 Å². The second kappa shape index (κ2) is 7.92. The minimum Gasteiger partial charge on any atom is -0.390 e. The van der Waals surface area contributed by atoms with Crippen molar-refractivity contribution in [1.82, 2.24) is 15.1 Å². The summed E-state index contributed by atoms with van der Waals surface area (Å²) in [6.45, 7) is 2.59. The molecule has 0 aromatic rings. The molecule has 0 saturated carbocycles. The SMILES string of the molecule is CC1=CC([C@H]2C[C@@H](O)[C@@H](COP(=O)(O)N=C3N(C)CCN3C)O2)C(=O)NC1=O. The van der Waals surface area contributed by atoms with Crippen LogP contribution < -0.4 is 5.32 Å². The van der Waals surface area contributed by atoms with E-state index in [0.717, 1.165) is 0 Å². The standard InChI is InChI=1S/C16H25N4O7P/c1-9-6-10(15(23)17-14(9)22)12-7-11(21)13(27-12)8-26-28(24,25)18-16-19(2)4-5-20(16)3/h6,10-13,21H,4-5,7-8H2,1-3H3,(H,24,25)(H,17,22,23)/t10?,11-,12-,13-/m1/s1. The van der Waals surface area contributed by atoms with Crippen molar-refractivity contribution in [3.05, 3.63) is 11.6 Å². The van der Waals surface area contributed by atoms with Crippen molar-refractivity contribution < 1.29 is 33.4 Å². The average molecular weight is 416 g/mol. The van der Waals surface area contributed by atoms with Gasteiger partial charge in [-0.2, -0.15) is 0 Å². The summed E-state index contributed by atoms with van der Waals surface area (Å²) in [5, 5.41) is 12.5. The lowest BCUT2D eigenvalue weighted by atomic mass is 9.93. The Balaban J connectivity index is 1.61. The first-order valence-electron chi connectivity index (χ1n) is 8.94. The van der Waals surface area contributed by atoms with Crippen LogP contribution in [0.2, 0.25) is 0 Å². The number of rotatable bonds is 5. The van der Waals surface area contributed by atoms with Crippen LogP contribution in [0.5, 0.6) is 0 Å². The van der Waals surface area contributed by atoms with E-state index < -0.39 is 43.8 Å². The van der Waals surface area contributed by atoms with Gasteiger partial charge in [0.15, 0.2) is 0 Å². The summed E-state index contributed by atoms with van der Waals surface area (Å²) in [5.41, 5.74) is 0.392. The minimum absolute atomic E-state index is 0.139. The molecule has 0 bridgehead atoms. The summed E-state index contributed by atoms with van der Waals surface area (Å²) in [5.74, 6) is -1.33. The zero-order valence-electron chi connectivity index (χ0n) is 15.9. The van der Waals surface area contributed by atoms with E-state index >= 15 is 0 Å². The molecule has 2 fully saturated rings. The number of carbonyl (C=O) groups excluding carboxylic acids is 2. The van der Waals surface area contributed by atoms with E-state index in [2.05, 4.69) is 10.1 Å². The second-order valence-corrected chi connectivity index (χ2v) is 8.68. The Morgan fingerprint density at radius 3 is 2.64 bits per heavy atom. The predicted octanol–water partition coefficient (Wildman–Crippen LogP) is -0.926. The third kappa shape index (κ3) is 4.44. The van der Waals surface area contributed by atoms with E-state index in [1.54, 1.807) is 30.8 Å². The first kappa shape index (κ1) is 20.9. The number of nitrogens with zero attached hydrogens (tertiary/aromatic N) is 3. The highest BCUT2D eigenvalue weighted by molar-refractivity contribution is 7.51. The second-order valence-electron chi connectivity index (χ2n) is 7.24. The van der Waals surface area contributed by atoms with E-state index in [4.69, 9.17) is 9.26 Å². The molecule has 0 aliphatic carbocycles. The molecule has 0 aromatic carbocycles. The zero-order valence-corrected chi connectivity index (χ0v) is 16.8. The fourth-order valence-corrected chi connectivity index (χ4v) is 4.32. The van der Waals surface area contributed by atoms with Gasteiger partial charge >= 0.3 is 7.75 Å². The lowest BCUT2D eigenvalue weighted by Gasteiger charge is -2.24. The third-order valence-electron chi connectivity index (χ3n) is 5.06. The van der Waals surface area contributed by atoms with Crippen LogP contribution in [0.25, 0.3) is 0 Å². The molecule has 2 amide bonds. The van der Waals surface area contributed by atoms with Gasteiger partial charge in [-0.1, -0.05) is 6.08 Å². The van der Waals surface area contributed by atoms with Gasteiger partial charge in [0.05, 0.1) is 24.7 Å². The number of hydrogen-bond donors (Lipinski definition) is 3. The van der Waals surface area contributed by atoms with E-state index in [1.165, 1.54) is 6.08 Å². The van der Waals surface area contributed by atoms with Crippen LogP contribution in [0.15, 0.2) is 16.4 Å². The molecule has 3 heterocycles. The summed E-state index contributed by atoms with van der Waals surface area (Å²) in [4.78, 5) is 37.0. The highest BCUT2D eigenvalue weighted by atomic mass is 31.2. The molecule has 3 aliphatic heterocycles. The Bertz CT molecular complexity index is 758. The molecule has 3 rings (SSSR count). The van der Waals surface area contributed by atoms with E-state index in [1.807, 2.05) is 0 Å². The van der Waals surface area contributed by atoms with Gasteiger partial charge < -0.3 is 24.5 Å². The normalized spacial score (nSPS) is 33.0. The quantitative estimate of drug-likeness (QED) is 0.383. The monoisotopic (exact) mass is 416 g/mol. The van der Waals surface area contributed by atoms with Crippen molar-refractivity contribution in [2.24, 2.45) is 10.7 Å². The number of aliphatic hydroxyl groups excluding tert-OH is 1. The number of amides is 2. The molecule has 3 N–H and O–H groups in total. The van der Waals surface area contributed by atoms with Gasteiger partial charge in [0.2, 0.25) is 11.9 Å². The van der Waals surface area contributed by atoms with Gasteiger partial charge in [0, 0.05) is 39.2 Å². The van der Waals surface area contributed by atoms with Crippen molar-refractivity contribution >= 4 is 25.5 Å². The van der Waals surface area contributed by atoms with Gasteiger partial charge in [-0.15, -0.1) is 4.76 Å². The van der Waals surface area contributed by atoms with Crippen LogP contribution in [0.1, 0.15) is 13.3 Å². The maximum atomic E-state index is 12.3. The Labute approximate surface area is 162 Å². The third-order valence-corrected chi connectivity index (χ3v) is 5.97. The maximum absolute atomic E-state index is 12.3. The van der Waals surface area contributed by atoms with Crippen molar-refractivity contribution in [2.45, 2.75) is 31.7 Å². The molecule has 28 heavy (non-hydrogen) atoms. The molecular formula is C16H25N4O7P. The molecular weight excluding hydrogens is 391 g/mol. The lowest BCUT2D eigenvalue weighted by molar-refractivity contribution is -0.134. The summed E-state index contributed by atoms with van der Waals surface area (Å²) in [6, 6.07) is 0. The number of guanidine groups is 1. The number of hydrogen-bond acceptors (Lipinski definition) is 6. The van der Waals surface area contributed by atoms with E-state index in [-0.39, 0.29) is 13.0 Å². The number of ether oxygens (including phenoxy) is 1. The first-order valence-corrected chi connectivity index (χ1v) is 10.5. The average Bonchev–Trinajstić information content (AvgIpc) is 3.13. The number of nitrogens with one attached hydrogen (secondary N) is 1. The van der Waals surface area contributed by atoms with Gasteiger partial charge in [0.1, 0.15) is 6.10 Å². The molecule has 3 aliphatic rings. The number of imide groups is 1. The molecule has 0 radical (unpaired) electrons. The Hall–Kier alpha value is -1.78. The van der Waals surface area contributed by atoms with Crippen LogP contribution in [-0.4, -0.2) is 89.7 Å². The molecule has 12 heteroatoms. The lowest BCUT2D eigenvalue weighted by Crippen LogP contribution is -2.44. The van der Waals surface area contributed by atoms with Gasteiger partial charge in [-0.25, -0.2) is 4.57 Å². The summed E-state index contributed by atoms with van der Waals surface area (Å²) < 4.78 is 26.8. The fourth-order valence-electron chi connectivity index (χ4n) is 3.39. The fraction of sp³-hybridized carbons (Fsp3) is 0.688. The molecule has 0 spiro atoms. The number of aliphatic hydroxyl groups is 1.